The van der Waals surface area contributed by atoms with Crippen molar-refractivity contribution in [3.63, 3.8) is 0 Å². The van der Waals surface area contributed by atoms with Crippen LogP contribution in [-0.2, 0) is 4.79 Å². The van der Waals surface area contributed by atoms with Crippen molar-refractivity contribution < 1.29 is 9.90 Å². The van der Waals surface area contributed by atoms with Crippen molar-refractivity contribution in [1.82, 2.24) is 19.5 Å². The zero-order chi connectivity index (χ0) is 19.1. The van der Waals surface area contributed by atoms with Crippen LogP contribution < -0.4 is 5.73 Å². The number of amides is 1. The molecule has 1 amide bonds. The predicted molar refractivity (Wildman–Crippen MR) is 107 cm³/mol. The molecule has 3 heterocycles. The Kier molecular flexibility index (Phi) is 4.92. The van der Waals surface area contributed by atoms with E-state index in [1.807, 2.05) is 12.1 Å². The number of aromatic nitrogens is 3. The molecule has 1 aliphatic rings. The van der Waals surface area contributed by atoms with Crippen LogP contribution in [0.2, 0.25) is 0 Å². The highest BCUT2D eigenvalue weighted by atomic mass is 79.9. The van der Waals surface area contributed by atoms with Gasteiger partial charge in [0.1, 0.15) is 5.82 Å². The molecule has 0 radical (unpaired) electrons. The number of nitrogens with zero attached hydrogens (tertiary/aromatic N) is 4. The molecule has 0 spiro atoms. The lowest BCUT2D eigenvalue weighted by molar-refractivity contribution is -0.123. The Morgan fingerprint density at radius 3 is 2.78 bits per heavy atom. The molecule has 2 aromatic heterocycles. The van der Waals surface area contributed by atoms with Gasteiger partial charge in [0, 0.05) is 10.4 Å². The first-order valence-corrected chi connectivity index (χ1v) is 10.4. The number of thiazole rings is 1. The lowest BCUT2D eigenvalue weighted by atomic mass is 9.93. The van der Waals surface area contributed by atoms with Gasteiger partial charge in [-0.15, -0.1) is 5.10 Å². The number of piperidine rings is 1. The van der Waals surface area contributed by atoms with Crippen LogP contribution in [0.15, 0.2) is 28.7 Å². The minimum Gasteiger partial charge on any atom is -0.492 e. The minimum absolute atomic E-state index is 0.0806. The Labute approximate surface area is 168 Å². The van der Waals surface area contributed by atoms with Gasteiger partial charge in [0.2, 0.25) is 16.7 Å². The van der Waals surface area contributed by atoms with E-state index >= 15 is 0 Å². The van der Waals surface area contributed by atoms with Crippen molar-refractivity contribution in [2.75, 3.05) is 13.1 Å². The van der Waals surface area contributed by atoms with Crippen molar-refractivity contribution in [2.45, 2.75) is 25.8 Å². The average molecular weight is 450 g/mol. The maximum absolute atomic E-state index is 11.5. The highest BCUT2D eigenvalue weighted by Crippen LogP contribution is 2.41. The summed E-state index contributed by atoms with van der Waals surface area (Å²) in [6, 6.07) is 7.94. The van der Waals surface area contributed by atoms with Crippen molar-refractivity contribution in [3.8, 4) is 5.88 Å². The number of nitrogens with two attached hydrogens (primary N) is 1. The van der Waals surface area contributed by atoms with Gasteiger partial charge in [-0.2, -0.15) is 4.52 Å². The molecular weight excluding hydrogens is 430 g/mol. The Balaban J connectivity index is 1.75. The first-order chi connectivity index (χ1) is 12.9. The van der Waals surface area contributed by atoms with E-state index in [0.717, 1.165) is 40.8 Å². The summed E-state index contributed by atoms with van der Waals surface area (Å²) in [5, 5.41) is 15.1. The number of rotatable bonds is 4. The summed E-state index contributed by atoms with van der Waals surface area (Å²) in [6.07, 6.45) is 1.45. The lowest BCUT2D eigenvalue weighted by Crippen LogP contribution is -2.40. The summed E-state index contributed by atoms with van der Waals surface area (Å²) in [4.78, 5) is 19.7. The van der Waals surface area contributed by atoms with Crippen LogP contribution in [0.25, 0.3) is 4.96 Å². The summed E-state index contributed by atoms with van der Waals surface area (Å²) in [7, 11) is 0. The molecule has 1 unspecified atom stereocenters. The second-order valence-electron chi connectivity index (χ2n) is 6.81. The molecule has 1 fully saturated rings. The third-order valence-corrected chi connectivity index (χ3v) is 6.58. The average Bonchev–Trinajstić information content (AvgIpc) is 3.14. The smallest absolute Gasteiger partial charge is 0.230 e. The Hall–Kier alpha value is -1.97. The third-order valence-electron chi connectivity index (χ3n) is 5.02. The zero-order valence-electron chi connectivity index (χ0n) is 14.8. The number of halogens is 1. The molecule has 1 saturated heterocycles. The quantitative estimate of drug-likeness (QED) is 0.637. The van der Waals surface area contributed by atoms with Crippen molar-refractivity contribution in [2.24, 2.45) is 11.7 Å². The van der Waals surface area contributed by atoms with Gasteiger partial charge in [0.05, 0.1) is 10.9 Å². The number of hydrogen-bond acceptors (Lipinski definition) is 6. The van der Waals surface area contributed by atoms with E-state index in [9.17, 15) is 9.90 Å². The van der Waals surface area contributed by atoms with Gasteiger partial charge in [-0.1, -0.05) is 39.4 Å². The van der Waals surface area contributed by atoms with E-state index in [1.165, 1.54) is 15.9 Å². The molecule has 27 heavy (non-hydrogen) atoms. The van der Waals surface area contributed by atoms with E-state index in [4.69, 9.17) is 5.73 Å². The molecule has 0 aliphatic carbocycles. The number of hydrogen-bond donors (Lipinski definition) is 2. The van der Waals surface area contributed by atoms with Gasteiger partial charge >= 0.3 is 0 Å². The Bertz CT molecular complexity index is 993. The summed E-state index contributed by atoms with van der Waals surface area (Å²) >= 11 is 4.99. The topological polar surface area (TPSA) is 96.8 Å². The molecule has 4 rings (SSSR count). The van der Waals surface area contributed by atoms with Crippen LogP contribution >= 0.6 is 27.3 Å². The SMILES string of the molecule is Cc1nc2sc(C(c3cccc(Br)c3)N3CCC(C(N)=O)CC3)c(O)n2n1. The summed E-state index contributed by atoms with van der Waals surface area (Å²) in [5.41, 5.74) is 6.55. The lowest BCUT2D eigenvalue weighted by Gasteiger charge is -2.36. The van der Waals surface area contributed by atoms with Crippen LogP contribution in [0.4, 0.5) is 0 Å². The number of fused-ring (bicyclic) bond motifs is 1. The number of aromatic hydroxyl groups is 1. The molecule has 142 valence electrons. The van der Waals surface area contributed by atoms with Crippen molar-refractivity contribution >= 4 is 38.1 Å². The number of benzene rings is 1. The van der Waals surface area contributed by atoms with Crippen molar-refractivity contribution in [3.05, 3.63) is 45.0 Å². The largest absolute Gasteiger partial charge is 0.492 e. The van der Waals surface area contributed by atoms with Gasteiger partial charge in [-0.25, -0.2) is 4.98 Å². The van der Waals surface area contributed by atoms with Crippen LogP contribution in [0.3, 0.4) is 0 Å². The first kappa shape index (κ1) is 18.4. The van der Waals surface area contributed by atoms with E-state index in [-0.39, 0.29) is 23.7 Å². The van der Waals surface area contributed by atoms with E-state index in [0.29, 0.717) is 10.8 Å². The molecule has 0 bridgehead atoms. The van der Waals surface area contributed by atoms with E-state index < -0.39 is 0 Å². The van der Waals surface area contributed by atoms with Gasteiger partial charge in [-0.3, -0.25) is 9.69 Å². The fourth-order valence-electron chi connectivity index (χ4n) is 3.67. The normalized spacial score (nSPS) is 17.4. The summed E-state index contributed by atoms with van der Waals surface area (Å²) in [5.74, 6) is 0.440. The van der Waals surface area contributed by atoms with Crippen LogP contribution in [0.5, 0.6) is 5.88 Å². The van der Waals surface area contributed by atoms with Crippen LogP contribution in [0, 0.1) is 12.8 Å². The Morgan fingerprint density at radius 1 is 1.41 bits per heavy atom. The fraction of sp³-hybridized carbons (Fsp3) is 0.389. The molecule has 9 heteroatoms. The first-order valence-electron chi connectivity index (χ1n) is 8.78. The molecule has 1 aromatic carbocycles. The van der Waals surface area contributed by atoms with E-state index in [1.54, 1.807) is 6.92 Å². The fourth-order valence-corrected chi connectivity index (χ4v) is 5.25. The number of primary amides is 1. The highest BCUT2D eigenvalue weighted by molar-refractivity contribution is 9.10. The second kappa shape index (κ2) is 7.21. The molecule has 1 atom stereocenters. The van der Waals surface area contributed by atoms with Gasteiger partial charge in [0.25, 0.3) is 0 Å². The number of likely N-dealkylation sites (tertiary alicyclic amines) is 1. The molecule has 3 N–H and O–H groups in total. The van der Waals surface area contributed by atoms with Crippen molar-refractivity contribution in [1.29, 1.82) is 0 Å². The number of carbonyl (C=O) groups is 1. The molecular formula is C18H20BrN5O2S. The maximum atomic E-state index is 11.5. The monoisotopic (exact) mass is 449 g/mol. The van der Waals surface area contributed by atoms with Crippen LogP contribution in [0.1, 0.15) is 35.1 Å². The standard InChI is InChI=1S/C18H20BrN5O2S/c1-10-21-18-24(22-10)17(26)15(27-18)14(12-3-2-4-13(19)9-12)23-7-5-11(6-8-23)16(20)25/h2-4,9,11,14,26H,5-8H2,1H3,(H2,20,25). The Morgan fingerprint density at radius 2 is 2.15 bits per heavy atom. The predicted octanol–water partition coefficient (Wildman–Crippen LogP) is 2.85. The minimum atomic E-state index is -0.231. The van der Waals surface area contributed by atoms with Gasteiger partial charge in [-0.05, 0) is 50.6 Å². The third kappa shape index (κ3) is 3.46. The second-order valence-corrected chi connectivity index (χ2v) is 8.74. The summed E-state index contributed by atoms with van der Waals surface area (Å²) in [6.45, 7) is 3.27. The van der Waals surface area contributed by atoms with Crippen LogP contribution in [-0.4, -0.2) is 43.6 Å². The van der Waals surface area contributed by atoms with Gasteiger partial charge in [0.15, 0.2) is 0 Å². The van der Waals surface area contributed by atoms with E-state index in [2.05, 4.69) is 43.0 Å². The molecule has 0 saturated carbocycles. The van der Waals surface area contributed by atoms with Gasteiger partial charge < -0.3 is 10.8 Å². The molecule has 1 aliphatic heterocycles. The number of carbonyl (C=O) groups excluding carboxylic acids is 1. The molecule has 7 nitrogen and oxygen atoms in total. The number of aryl methyl sites for hydroxylation is 1. The summed E-state index contributed by atoms with van der Waals surface area (Å²) < 4.78 is 2.48. The molecule has 3 aromatic rings. The maximum Gasteiger partial charge on any atom is 0.230 e. The highest BCUT2D eigenvalue weighted by Gasteiger charge is 2.33. The zero-order valence-corrected chi connectivity index (χ0v) is 17.2.